The van der Waals surface area contributed by atoms with Crippen LogP contribution in [0.1, 0.15) is 28.9 Å². The van der Waals surface area contributed by atoms with Crippen LogP contribution in [0.2, 0.25) is 5.02 Å². The number of urea groups is 1. The third kappa shape index (κ3) is 4.94. The van der Waals surface area contributed by atoms with Gasteiger partial charge >= 0.3 is 18.0 Å². The predicted octanol–water partition coefficient (Wildman–Crippen LogP) is 3.37. The summed E-state index contributed by atoms with van der Waals surface area (Å²) >= 11 is 5.90. The molecule has 0 spiro atoms. The van der Waals surface area contributed by atoms with Crippen molar-refractivity contribution in [1.29, 1.82) is 0 Å². The molecule has 0 unspecified atom stereocenters. The highest BCUT2D eigenvalue weighted by Gasteiger charge is 2.34. The minimum Gasteiger partial charge on any atom is -0.463 e. The summed E-state index contributed by atoms with van der Waals surface area (Å²) in [5.41, 5.74) is 1.30. The summed E-state index contributed by atoms with van der Waals surface area (Å²) in [6.07, 6.45) is 0. The molecule has 7 nitrogen and oxygen atoms in total. The largest absolute Gasteiger partial charge is 0.463 e. The van der Waals surface area contributed by atoms with Gasteiger partial charge in [0.2, 0.25) is 0 Å². The highest BCUT2D eigenvalue weighted by molar-refractivity contribution is 6.30. The molecule has 2 aromatic carbocycles. The number of carbonyl (C=O) groups excluding carboxylic acids is 3. The predicted molar refractivity (Wildman–Crippen MR) is 106 cm³/mol. The van der Waals surface area contributed by atoms with Crippen LogP contribution in [0.15, 0.2) is 65.9 Å². The van der Waals surface area contributed by atoms with Crippen LogP contribution in [0.25, 0.3) is 0 Å². The zero-order valence-corrected chi connectivity index (χ0v) is 16.4. The topological polar surface area (TPSA) is 93.7 Å². The summed E-state index contributed by atoms with van der Waals surface area (Å²) in [5.74, 6) is -1.24. The van der Waals surface area contributed by atoms with Crippen molar-refractivity contribution >= 4 is 29.6 Å². The van der Waals surface area contributed by atoms with E-state index >= 15 is 0 Å². The molecule has 2 amide bonds. The number of ether oxygens (including phenoxy) is 2. The molecule has 0 fully saturated rings. The first-order valence-electron chi connectivity index (χ1n) is 8.95. The number of hydrogen-bond acceptors (Lipinski definition) is 5. The Morgan fingerprint density at radius 3 is 2.48 bits per heavy atom. The van der Waals surface area contributed by atoms with Crippen LogP contribution >= 0.6 is 11.6 Å². The number of halogens is 1. The number of nitrogens with one attached hydrogen (secondary N) is 2. The van der Waals surface area contributed by atoms with Gasteiger partial charge in [-0.05, 0) is 30.7 Å². The van der Waals surface area contributed by atoms with Crippen LogP contribution < -0.4 is 10.6 Å². The normalized spacial score (nSPS) is 15.9. The quantitative estimate of drug-likeness (QED) is 0.707. The molecule has 150 valence electrons. The standard InChI is InChI=1S/C21H19ClN2O5/c1-2-28-20(26)17-16(12-29-19(25)14-9-6-10-15(22)11-14)23-21(27)24-18(17)13-7-4-3-5-8-13/h3-11,18H,2,12H2,1H3,(H2,23,24,27)/t18-/m1/s1. The molecule has 0 radical (unpaired) electrons. The Bertz CT molecular complexity index is 959. The lowest BCUT2D eigenvalue weighted by Gasteiger charge is -2.29. The van der Waals surface area contributed by atoms with Crippen molar-refractivity contribution in [3.8, 4) is 0 Å². The van der Waals surface area contributed by atoms with Gasteiger partial charge in [0.15, 0.2) is 0 Å². The van der Waals surface area contributed by atoms with E-state index in [0.717, 1.165) is 0 Å². The average molecular weight is 415 g/mol. The Hall–Kier alpha value is -3.32. The fourth-order valence-corrected chi connectivity index (χ4v) is 3.10. The number of rotatable bonds is 6. The van der Waals surface area contributed by atoms with Crippen molar-refractivity contribution in [2.24, 2.45) is 0 Å². The van der Waals surface area contributed by atoms with E-state index < -0.39 is 24.0 Å². The van der Waals surface area contributed by atoms with Crippen molar-refractivity contribution in [2.75, 3.05) is 13.2 Å². The second-order valence-electron chi connectivity index (χ2n) is 6.14. The van der Waals surface area contributed by atoms with Crippen molar-refractivity contribution in [3.05, 3.63) is 82.0 Å². The van der Waals surface area contributed by atoms with Gasteiger partial charge in [0.25, 0.3) is 0 Å². The maximum absolute atomic E-state index is 12.6. The lowest BCUT2D eigenvalue weighted by atomic mass is 9.95. The molecule has 1 aliphatic heterocycles. The van der Waals surface area contributed by atoms with E-state index in [4.69, 9.17) is 21.1 Å². The molecule has 29 heavy (non-hydrogen) atoms. The summed E-state index contributed by atoms with van der Waals surface area (Å²) in [5, 5.41) is 5.66. The van der Waals surface area contributed by atoms with E-state index in [2.05, 4.69) is 10.6 Å². The number of carbonyl (C=O) groups is 3. The molecular weight excluding hydrogens is 396 g/mol. The Morgan fingerprint density at radius 2 is 1.79 bits per heavy atom. The van der Waals surface area contributed by atoms with Crippen molar-refractivity contribution in [2.45, 2.75) is 13.0 Å². The number of benzene rings is 2. The minimum absolute atomic E-state index is 0.160. The third-order valence-electron chi connectivity index (χ3n) is 4.19. The highest BCUT2D eigenvalue weighted by Crippen LogP contribution is 2.28. The summed E-state index contributed by atoms with van der Waals surface area (Å²) in [6.45, 7) is 1.54. The Balaban J connectivity index is 1.91. The number of esters is 2. The van der Waals surface area contributed by atoms with Gasteiger partial charge in [0.05, 0.1) is 29.5 Å². The van der Waals surface area contributed by atoms with Gasteiger partial charge in [-0.15, -0.1) is 0 Å². The van der Waals surface area contributed by atoms with Gasteiger partial charge in [0, 0.05) is 5.02 Å². The van der Waals surface area contributed by atoms with Crippen LogP contribution in [-0.4, -0.2) is 31.2 Å². The van der Waals surface area contributed by atoms with E-state index in [0.29, 0.717) is 10.6 Å². The van der Waals surface area contributed by atoms with E-state index in [-0.39, 0.29) is 30.0 Å². The van der Waals surface area contributed by atoms with Crippen LogP contribution in [0.4, 0.5) is 4.79 Å². The van der Waals surface area contributed by atoms with Crippen LogP contribution in [0.3, 0.4) is 0 Å². The molecule has 1 aliphatic rings. The van der Waals surface area contributed by atoms with Crippen molar-refractivity contribution in [1.82, 2.24) is 10.6 Å². The molecule has 2 aromatic rings. The van der Waals surface area contributed by atoms with Gasteiger partial charge < -0.3 is 20.1 Å². The van der Waals surface area contributed by atoms with E-state index in [9.17, 15) is 14.4 Å². The first kappa shape index (κ1) is 20.4. The smallest absolute Gasteiger partial charge is 0.338 e. The first-order valence-corrected chi connectivity index (χ1v) is 9.32. The Kier molecular flexibility index (Phi) is 6.51. The first-order chi connectivity index (χ1) is 14.0. The molecule has 3 rings (SSSR count). The zero-order chi connectivity index (χ0) is 20.8. The lowest BCUT2D eigenvalue weighted by molar-refractivity contribution is -0.139. The lowest BCUT2D eigenvalue weighted by Crippen LogP contribution is -2.47. The summed E-state index contributed by atoms with van der Waals surface area (Å²) in [4.78, 5) is 37.1. The van der Waals surface area contributed by atoms with Gasteiger partial charge in [-0.2, -0.15) is 0 Å². The van der Waals surface area contributed by atoms with Crippen molar-refractivity contribution < 1.29 is 23.9 Å². The van der Waals surface area contributed by atoms with Gasteiger partial charge in [-0.25, -0.2) is 14.4 Å². The molecule has 2 N–H and O–H groups in total. The van der Waals surface area contributed by atoms with Crippen LogP contribution in [0.5, 0.6) is 0 Å². The van der Waals surface area contributed by atoms with E-state index in [1.54, 1.807) is 49.4 Å². The monoisotopic (exact) mass is 414 g/mol. The second-order valence-corrected chi connectivity index (χ2v) is 6.58. The van der Waals surface area contributed by atoms with Gasteiger partial charge in [-0.3, -0.25) is 0 Å². The molecule has 0 saturated carbocycles. The molecule has 0 aromatic heterocycles. The Labute approximate surface area is 172 Å². The average Bonchev–Trinajstić information content (AvgIpc) is 2.72. The summed E-state index contributed by atoms with van der Waals surface area (Å²) in [6, 6.07) is 14.0. The fourth-order valence-electron chi connectivity index (χ4n) is 2.91. The molecule has 0 bridgehead atoms. The third-order valence-corrected chi connectivity index (χ3v) is 4.42. The highest BCUT2D eigenvalue weighted by atomic mass is 35.5. The second kappa shape index (κ2) is 9.25. The fraction of sp³-hybridized carbons (Fsp3) is 0.190. The molecule has 0 aliphatic carbocycles. The van der Waals surface area contributed by atoms with Gasteiger partial charge in [-0.1, -0.05) is 48.0 Å². The zero-order valence-electron chi connectivity index (χ0n) is 15.6. The number of amides is 2. The summed E-state index contributed by atoms with van der Waals surface area (Å²) in [7, 11) is 0. The van der Waals surface area contributed by atoms with E-state index in [1.165, 1.54) is 6.07 Å². The van der Waals surface area contributed by atoms with Gasteiger partial charge in [0.1, 0.15) is 6.61 Å². The maximum Gasteiger partial charge on any atom is 0.338 e. The number of hydrogen-bond donors (Lipinski definition) is 2. The molecular formula is C21H19ClN2O5. The van der Waals surface area contributed by atoms with Crippen LogP contribution in [0, 0.1) is 0 Å². The molecule has 0 saturated heterocycles. The maximum atomic E-state index is 12.6. The summed E-state index contributed by atoms with van der Waals surface area (Å²) < 4.78 is 10.5. The Morgan fingerprint density at radius 1 is 1.03 bits per heavy atom. The SMILES string of the molecule is CCOC(=O)C1=C(COC(=O)c2cccc(Cl)c2)NC(=O)N[C@@H]1c1ccccc1. The molecule has 8 heteroatoms. The van der Waals surface area contributed by atoms with Crippen LogP contribution in [-0.2, 0) is 14.3 Å². The molecule has 1 heterocycles. The molecule has 1 atom stereocenters. The minimum atomic E-state index is -0.733. The van der Waals surface area contributed by atoms with E-state index in [1.807, 2.05) is 6.07 Å². The van der Waals surface area contributed by atoms with Crippen molar-refractivity contribution in [3.63, 3.8) is 0 Å².